The molecule has 1 saturated carbocycles. The maximum absolute atomic E-state index is 12.6. The van der Waals surface area contributed by atoms with E-state index in [0.717, 1.165) is 31.2 Å². The first-order valence-corrected chi connectivity index (χ1v) is 11.4. The minimum Gasteiger partial charge on any atom is -0.493 e. The van der Waals surface area contributed by atoms with Crippen LogP contribution in [-0.4, -0.2) is 42.0 Å². The van der Waals surface area contributed by atoms with Crippen molar-refractivity contribution in [1.82, 2.24) is 4.72 Å². The van der Waals surface area contributed by atoms with Crippen molar-refractivity contribution < 1.29 is 22.6 Å². The molecule has 3 rings (SSSR count). The fourth-order valence-electron chi connectivity index (χ4n) is 3.54. The zero-order valence-corrected chi connectivity index (χ0v) is 18.4. The molecule has 0 aromatic heterocycles. The van der Waals surface area contributed by atoms with Gasteiger partial charge in [0.15, 0.2) is 11.5 Å². The Bertz CT molecular complexity index is 956. The first-order chi connectivity index (χ1) is 14.5. The highest BCUT2D eigenvalue weighted by Gasteiger charge is 2.21. The first-order valence-electron chi connectivity index (χ1n) is 9.93. The van der Waals surface area contributed by atoms with E-state index >= 15 is 0 Å². The Labute approximate surface area is 178 Å². The van der Waals surface area contributed by atoms with E-state index in [1.54, 1.807) is 63.9 Å². The quantitative estimate of drug-likeness (QED) is 0.636. The molecule has 8 heteroatoms. The smallest absolute Gasteiger partial charge is 0.240 e. The van der Waals surface area contributed by atoms with Crippen molar-refractivity contribution in [1.29, 1.82) is 0 Å². The van der Waals surface area contributed by atoms with Crippen LogP contribution in [-0.2, 0) is 10.0 Å². The van der Waals surface area contributed by atoms with E-state index in [9.17, 15) is 8.42 Å². The van der Waals surface area contributed by atoms with E-state index in [2.05, 4.69) is 9.71 Å². The second kappa shape index (κ2) is 9.95. The van der Waals surface area contributed by atoms with Gasteiger partial charge in [0, 0.05) is 17.8 Å². The van der Waals surface area contributed by atoms with Crippen LogP contribution in [0.15, 0.2) is 46.3 Å². The van der Waals surface area contributed by atoms with Gasteiger partial charge in [-0.05, 0) is 49.2 Å². The molecule has 1 aliphatic rings. The Morgan fingerprint density at radius 3 is 2.07 bits per heavy atom. The number of ether oxygens (including phenoxy) is 3. The molecule has 0 bridgehead atoms. The van der Waals surface area contributed by atoms with Gasteiger partial charge in [-0.1, -0.05) is 19.3 Å². The highest BCUT2D eigenvalue weighted by molar-refractivity contribution is 7.89. The molecule has 0 saturated heterocycles. The van der Waals surface area contributed by atoms with Gasteiger partial charge in [-0.3, -0.25) is 4.99 Å². The van der Waals surface area contributed by atoms with Crippen molar-refractivity contribution in [3.63, 3.8) is 0 Å². The molecule has 0 aliphatic heterocycles. The van der Waals surface area contributed by atoms with Crippen molar-refractivity contribution in [2.24, 2.45) is 4.99 Å². The highest BCUT2D eigenvalue weighted by atomic mass is 32.2. The Balaban J connectivity index is 1.74. The molecule has 1 fully saturated rings. The Kier molecular flexibility index (Phi) is 7.33. The fourth-order valence-corrected chi connectivity index (χ4v) is 4.85. The second-order valence-electron chi connectivity index (χ2n) is 7.17. The summed E-state index contributed by atoms with van der Waals surface area (Å²) in [6, 6.07) is 10.1. The van der Waals surface area contributed by atoms with E-state index in [1.165, 1.54) is 6.42 Å². The summed E-state index contributed by atoms with van der Waals surface area (Å²) < 4.78 is 44.0. The SMILES string of the molecule is COc1cc(C=Nc2ccc(S(=O)(=O)NC3CCCCC3)cc2)cc(OC)c1OC. The molecule has 0 spiro atoms. The van der Waals surface area contributed by atoms with Crippen LogP contribution in [0.3, 0.4) is 0 Å². The largest absolute Gasteiger partial charge is 0.493 e. The minimum absolute atomic E-state index is 0.0291. The van der Waals surface area contributed by atoms with Gasteiger partial charge in [0.05, 0.1) is 31.9 Å². The Morgan fingerprint density at radius 1 is 0.933 bits per heavy atom. The average molecular weight is 433 g/mol. The zero-order valence-electron chi connectivity index (χ0n) is 17.6. The van der Waals surface area contributed by atoms with Crippen LogP contribution in [0.2, 0.25) is 0 Å². The van der Waals surface area contributed by atoms with E-state index in [-0.39, 0.29) is 10.9 Å². The van der Waals surface area contributed by atoms with Crippen LogP contribution >= 0.6 is 0 Å². The lowest BCUT2D eigenvalue weighted by Crippen LogP contribution is -2.36. The second-order valence-corrected chi connectivity index (χ2v) is 8.88. The summed E-state index contributed by atoms with van der Waals surface area (Å²) in [4.78, 5) is 4.68. The molecule has 0 heterocycles. The Hall–Kier alpha value is -2.58. The van der Waals surface area contributed by atoms with Crippen molar-refractivity contribution in [3.05, 3.63) is 42.0 Å². The van der Waals surface area contributed by atoms with Crippen molar-refractivity contribution >= 4 is 21.9 Å². The molecule has 30 heavy (non-hydrogen) atoms. The number of hydrogen-bond donors (Lipinski definition) is 1. The fraction of sp³-hybridized carbons (Fsp3) is 0.409. The lowest BCUT2D eigenvalue weighted by atomic mass is 9.96. The maximum atomic E-state index is 12.6. The number of nitrogens with one attached hydrogen (secondary N) is 1. The number of hydrogen-bond acceptors (Lipinski definition) is 6. The average Bonchev–Trinajstić information content (AvgIpc) is 2.77. The summed E-state index contributed by atoms with van der Waals surface area (Å²) >= 11 is 0. The van der Waals surface area contributed by atoms with E-state index < -0.39 is 10.0 Å². The van der Waals surface area contributed by atoms with Gasteiger partial charge in [-0.25, -0.2) is 13.1 Å². The molecular formula is C22H28N2O5S. The van der Waals surface area contributed by atoms with Crippen molar-refractivity contribution in [2.45, 2.75) is 43.0 Å². The molecule has 1 aliphatic carbocycles. The van der Waals surface area contributed by atoms with Crippen LogP contribution < -0.4 is 18.9 Å². The highest BCUT2D eigenvalue weighted by Crippen LogP contribution is 2.37. The van der Waals surface area contributed by atoms with Gasteiger partial charge in [0.2, 0.25) is 15.8 Å². The van der Waals surface area contributed by atoms with Crippen molar-refractivity contribution in [2.75, 3.05) is 21.3 Å². The molecule has 0 atom stereocenters. The maximum Gasteiger partial charge on any atom is 0.240 e. The van der Waals surface area contributed by atoms with Crippen LogP contribution in [0.5, 0.6) is 17.2 Å². The predicted octanol–water partition coefficient (Wildman–Crippen LogP) is 4.07. The summed E-state index contributed by atoms with van der Waals surface area (Å²) in [5.41, 5.74) is 1.40. The van der Waals surface area contributed by atoms with E-state index in [4.69, 9.17) is 14.2 Å². The summed E-state index contributed by atoms with van der Waals surface area (Å²) in [5, 5.41) is 0. The molecule has 2 aromatic carbocycles. The van der Waals surface area contributed by atoms with Crippen LogP contribution in [0.25, 0.3) is 0 Å². The molecule has 162 valence electrons. The van der Waals surface area contributed by atoms with Gasteiger partial charge < -0.3 is 14.2 Å². The molecule has 1 N–H and O–H groups in total. The van der Waals surface area contributed by atoms with E-state index in [0.29, 0.717) is 22.9 Å². The lowest BCUT2D eigenvalue weighted by molar-refractivity contribution is 0.324. The standard InChI is InChI=1S/C22H28N2O5S/c1-27-20-13-16(14-21(28-2)22(20)29-3)15-23-17-9-11-19(12-10-17)30(25,26)24-18-7-5-4-6-8-18/h9-15,18,24H,4-8H2,1-3H3. The minimum atomic E-state index is -3.52. The zero-order chi connectivity index (χ0) is 21.6. The monoisotopic (exact) mass is 432 g/mol. The predicted molar refractivity (Wildman–Crippen MR) is 117 cm³/mol. The molecule has 2 aromatic rings. The molecular weight excluding hydrogens is 404 g/mol. The van der Waals surface area contributed by atoms with Crippen LogP contribution in [0.4, 0.5) is 5.69 Å². The number of sulfonamides is 1. The third-order valence-electron chi connectivity index (χ3n) is 5.12. The van der Waals surface area contributed by atoms with Gasteiger partial charge in [0.1, 0.15) is 0 Å². The summed E-state index contributed by atoms with van der Waals surface area (Å²) in [6.45, 7) is 0. The molecule has 0 unspecified atom stereocenters. The first kappa shape index (κ1) is 22.1. The molecule has 0 amide bonds. The lowest BCUT2D eigenvalue weighted by Gasteiger charge is -2.22. The third-order valence-corrected chi connectivity index (χ3v) is 6.66. The van der Waals surface area contributed by atoms with Gasteiger partial charge in [-0.2, -0.15) is 0 Å². The van der Waals surface area contributed by atoms with Crippen LogP contribution in [0, 0.1) is 0 Å². The number of rotatable bonds is 8. The summed E-state index contributed by atoms with van der Waals surface area (Å²) in [7, 11) is 1.14. The van der Waals surface area contributed by atoms with Crippen molar-refractivity contribution in [3.8, 4) is 17.2 Å². The normalized spacial score (nSPS) is 15.3. The summed E-state index contributed by atoms with van der Waals surface area (Å²) in [6.07, 6.45) is 6.78. The molecule has 7 nitrogen and oxygen atoms in total. The van der Waals surface area contributed by atoms with E-state index in [1.807, 2.05) is 0 Å². The number of benzene rings is 2. The van der Waals surface area contributed by atoms with Gasteiger partial charge >= 0.3 is 0 Å². The van der Waals surface area contributed by atoms with Gasteiger partial charge in [-0.15, -0.1) is 0 Å². The third kappa shape index (κ3) is 5.31. The topological polar surface area (TPSA) is 86.2 Å². The number of nitrogens with zero attached hydrogens (tertiary/aromatic N) is 1. The number of aliphatic imine (C=N–C) groups is 1. The molecule has 0 radical (unpaired) electrons. The van der Waals surface area contributed by atoms with Gasteiger partial charge in [0.25, 0.3) is 0 Å². The Morgan fingerprint density at radius 2 is 1.53 bits per heavy atom. The number of methoxy groups -OCH3 is 3. The summed E-state index contributed by atoms with van der Waals surface area (Å²) in [5.74, 6) is 1.58. The van der Waals surface area contributed by atoms with Crippen LogP contribution in [0.1, 0.15) is 37.7 Å².